The molecule has 1 aliphatic rings. The van der Waals surface area contributed by atoms with Crippen molar-refractivity contribution in [2.75, 3.05) is 0 Å². The number of terminal acetylenes is 1. The van der Waals surface area contributed by atoms with Gasteiger partial charge in [-0.1, -0.05) is 18.1 Å². The van der Waals surface area contributed by atoms with Crippen molar-refractivity contribution in [3.8, 4) is 12.3 Å². The van der Waals surface area contributed by atoms with Crippen LogP contribution in [-0.4, -0.2) is 0 Å². The van der Waals surface area contributed by atoms with Gasteiger partial charge in [-0.25, -0.2) is 0 Å². The molecule has 0 aromatic carbocycles. The van der Waals surface area contributed by atoms with Crippen LogP contribution < -0.4 is 0 Å². The lowest BCUT2D eigenvalue weighted by Gasteiger charge is -2.00. The van der Waals surface area contributed by atoms with Gasteiger partial charge in [0.25, 0.3) is 0 Å². The third-order valence-electron chi connectivity index (χ3n) is 2.23. The Morgan fingerprint density at radius 2 is 2.27 bits per heavy atom. The molecule has 0 bridgehead atoms. The average Bonchev–Trinajstić information content (AvgIpc) is 2.28. The van der Waals surface area contributed by atoms with Gasteiger partial charge in [-0.05, 0) is 32.1 Å². The monoisotopic (exact) mass is 148 g/mol. The fourth-order valence-electron chi connectivity index (χ4n) is 1.54. The molecule has 0 aliphatic heterocycles. The Hall–Kier alpha value is -0.700. The average molecular weight is 148 g/mol. The van der Waals surface area contributed by atoms with Gasteiger partial charge in [0.2, 0.25) is 0 Å². The van der Waals surface area contributed by atoms with Crippen LogP contribution in [0.4, 0.5) is 0 Å². The van der Waals surface area contributed by atoms with E-state index in [1.807, 2.05) is 0 Å². The van der Waals surface area contributed by atoms with Gasteiger partial charge in [-0.15, -0.1) is 12.3 Å². The van der Waals surface area contributed by atoms with Crippen LogP contribution in [0.25, 0.3) is 0 Å². The van der Waals surface area contributed by atoms with E-state index in [1.54, 1.807) is 5.57 Å². The van der Waals surface area contributed by atoms with Gasteiger partial charge in [0, 0.05) is 6.42 Å². The third kappa shape index (κ3) is 3.28. The number of allylic oxidation sites excluding steroid dienone is 2. The van der Waals surface area contributed by atoms with Crippen molar-refractivity contribution in [1.82, 2.24) is 0 Å². The highest BCUT2D eigenvalue weighted by atomic mass is 14.1. The van der Waals surface area contributed by atoms with E-state index in [-0.39, 0.29) is 0 Å². The summed E-state index contributed by atoms with van der Waals surface area (Å²) in [5.41, 5.74) is 1.60. The molecule has 0 aromatic rings. The Morgan fingerprint density at radius 1 is 1.36 bits per heavy atom. The maximum Gasteiger partial charge on any atom is 0.0123 e. The fraction of sp³-hybridized carbons (Fsp3) is 0.636. The van der Waals surface area contributed by atoms with Crippen molar-refractivity contribution < 1.29 is 0 Å². The van der Waals surface area contributed by atoms with Crippen LogP contribution in [0, 0.1) is 12.3 Å². The maximum atomic E-state index is 5.21. The molecule has 0 N–H and O–H groups in total. The first-order valence-corrected chi connectivity index (χ1v) is 4.55. The molecule has 0 aromatic heterocycles. The minimum absolute atomic E-state index is 0.922. The van der Waals surface area contributed by atoms with Crippen molar-refractivity contribution in [1.29, 1.82) is 0 Å². The van der Waals surface area contributed by atoms with Gasteiger partial charge in [0.15, 0.2) is 0 Å². The highest BCUT2D eigenvalue weighted by molar-refractivity contribution is 5.05. The molecule has 0 saturated heterocycles. The van der Waals surface area contributed by atoms with Crippen LogP contribution in [-0.2, 0) is 0 Å². The van der Waals surface area contributed by atoms with E-state index in [4.69, 9.17) is 6.42 Å². The van der Waals surface area contributed by atoms with Crippen molar-refractivity contribution in [2.24, 2.45) is 0 Å². The first-order valence-electron chi connectivity index (χ1n) is 4.55. The molecule has 0 heteroatoms. The zero-order chi connectivity index (χ0) is 7.94. The van der Waals surface area contributed by atoms with Gasteiger partial charge < -0.3 is 0 Å². The molecular formula is C11H16. The molecule has 60 valence electrons. The van der Waals surface area contributed by atoms with Crippen molar-refractivity contribution >= 4 is 0 Å². The van der Waals surface area contributed by atoms with E-state index in [0.29, 0.717) is 0 Å². The molecule has 0 atom stereocenters. The second-order valence-electron chi connectivity index (χ2n) is 3.17. The summed E-state index contributed by atoms with van der Waals surface area (Å²) in [5, 5.41) is 0. The molecule has 0 fully saturated rings. The van der Waals surface area contributed by atoms with Gasteiger partial charge >= 0.3 is 0 Å². The summed E-state index contributed by atoms with van der Waals surface area (Å²) >= 11 is 0. The zero-order valence-corrected chi connectivity index (χ0v) is 7.10. The smallest absolute Gasteiger partial charge is 0.0123 e. The molecule has 0 unspecified atom stereocenters. The molecule has 0 saturated carbocycles. The fourth-order valence-corrected chi connectivity index (χ4v) is 1.54. The predicted molar refractivity (Wildman–Crippen MR) is 49.2 cm³/mol. The molecule has 1 rings (SSSR count). The summed E-state index contributed by atoms with van der Waals surface area (Å²) in [6.07, 6.45) is 16.4. The van der Waals surface area contributed by atoms with Crippen LogP contribution in [0.2, 0.25) is 0 Å². The third-order valence-corrected chi connectivity index (χ3v) is 2.23. The van der Waals surface area contributed by atoms with Crippen molar-refractivity contribution in [3.05, 3.63) is 11.6 Å². The molecule has 0 radical (unpaired) electrons. The Balaban J connectivity index is 2.30. The Morgan fingerprint density at radius 3 is 3.09 bits per heavy atom. The largest absolute Gasteiger partial charge is 0.120 e. The number of hydrogen-bond acceptors (Lipinski definition) is 0. The van der Waals surface area contributed by atoms with Gasteiger partial charge in [-0.3, -0.25) is 0 Å². The SMILES string of the molecule is C#CCCC1=CCCCCC1. The lowest BCUT2D eigenvalue weighted by Crippen LogP contribution is -1.81. The Bertz CT molecular complexity index is 169. The first kappa shape index (κ1) is 8.40. The molecule has 0 nitrogen and oxygen atoms in total. The molecule has 0 spiro atoms. The van der Waals surface area contributed by atoms with E-state index in [2.05, 4.69) is 12.0 Å². The molecule has 0 amide bonds. The quantitative estimate of drug-likeness (QED) is 0.416. The summed E-state index contributed by atoms with van der Waals surface area (Å²) in [7, 11) is 0. The van der Waals surface area contributed by atoms with E-state index in [0.717, 1.165) is 12.8 Å². The molecule has 0 heterocycles. The molecule has 11 heavy (non-hydrogen) atoms. The van der Waals surface area contributed by atoms with Crippen molar-refractivity contribution in [2.45, 2.75) is 44.9 Å². The zero-order valence-electron chi connectivity index (χ0n) is 7.10. The minimum atomic E-state index is 0.922. The van der Waals surface area contributed by atoms with Crippen LogP contribution in [0.3, 0.4) is 0 Å². The van der Waals surface area contributed by atoms with Gasteiger partial charge in [0.05, 0.1) is 0 Å². The lowest BCUT2D eigenvalue weighted by atomic mass is 10.1. The maximum absolute atomic E-state index is 5.21. The topological polar surface area (TPSA) is 0 Å². The van der Waals surface area contributed by atoms with E-state index in [9.17, 15) is 0 Å². The van der Waals surface area contributed by atoms with E-state index >= 15 is 0 Å². The van der Waals surface area contributed by atoms with Crippen LogP contribution >= 0.6 is 0 Å². The first-order chi connectivity index (χ1) is 5.43. The van der Waals surface area contributed by atoms with E-state index in [1.165, 1.54) is 32.1 Å². The summed E-state index contributed by atoms with van der Waals surface area (Å²) < 4.78 is 0. The lowest BCUT2D eigenvalue weighted by molar-refractivity contribution is 0.703. The minimum Gasteiger partial charge on any atom is -0.120 e. The Labute approximate surface area is 69.7 Å². The van der Waals surface area contributed by atoms with Crippen LogP contribution in [0.1, 0.15) is 44.9 Å². The standard InChI is InChI=1S/C11H16/c1-2-3-8-11-9-6-4-5-7-10-11/h1,9H,3-8,10H2. The summed E-state index contributed by atoms with van der Waals surface area (Å²) in [5.74, 6) is 2.69. The summed E-state index contributed by atoms with van der Waals surface area (Å²) in [4.78, 5) is 0. The summed E-state index contributed by atoms with van der Waals surface area (Å²) in [6, 6.07) is 0. The normalized spacial score (nSPS) is 18.3. The van der Waals surface area contributed by atoms with Crippen molar-refractivity contribution in [3.63, 3.8) is 0 Å². The second kappa shape index (κ2) is 5.02. The predicted octanol–water partition coefficient (Wildman–Crippen LogP) is 3.29. The van der Waals surface area contributed by atoms with Gasteiger partial charge in [-0.2, -0.15) is 0 Å². The molecule has 1 aliphatic carbocycles. The highest BCUT2D eigenvalue weighted by Gasteiger charge is 2.00. The number of rotatable bonds is 2. The van der Waals surface area contributed by atoms with E-state index < -0.39 is 0 Å². The van der Waals surface area contributed by atoms with Crippen LogP contribution in [0.15, 0.2) is 11.6 Å². The molecular weight excluding hydrogens is 132 g/mol. The van der Waals surface area contributed by atoms with Gasteiger partial charge in [0.1, 0.15) is 0 Å². The Kier molecular flexibility index (Phi) is 3.83. The second-order valence-corrected chi connectivity index (χ2v) is 3.17. The highest BCUT2D eigenvalue weighted by Crippen LogP contribution is 2.20. The van der Waals surface area contributed by atoms with Crippen LogP contribution in [0.5, 0.6) is 0 Å². The number of hydrogen-bond donors (Lipinski definition) is 0. The summed E-state index contributed by atoms with van der Waals surface area (Å²) in [6.45, 7) is 0.